The Hall–Kier alpha value is -4.11. The first-order valence-electron chi connectivity index (χ1n) is 9.87. The third-order valence-electron chi connectivity index (χ3n) is 5.24. The number of nitro groups is 1. The Bertz CT molecular complexity index is 1180. The molecule has 0 aliphatic heterocycles. The van der Waals surface area contributed by atoms with Gasteiger partial charge < -0.3 is 10.1 Å². The highest BCUT2D eigenvalue weighted by atomic mass is 16.6. The maximum Gasteiger partial charge on any atom is 0.407 e. The first kappa shape index (κ1) is 20.2. The molecule has 0 atom stereocenters. The number of carbonyl (C=O) groups is 1. The lowest BCUT2D eigenvalue weighted by molar-refractivity contribution is -0.385. The van der Waals surface area contributed by atoms with Crippen molar-refractivity contribution in [3.63, 3.8) is 0 Å². The molecule has 0 fully saturated rings. The second kappa shape index (κ2) is 8.72. The van der Waals surface area contributed by atoms with Crippen molar-refractivity contribution in [3.8, 4) is 23.0 Å². The van der Waals surface area contributed by atoms with Crippen LogP contribution in [-0.2, 0) is 4.74 Å². The van der Waals surface area contributed by atoms with Crippen LogP contribution in [0.2, 0.25) is 0 Å². The highest BCUT2D eigenvalue weighted by molar-refractivity contribution is 5.79. The quantitative estimate of drug-likeness (QED) is 0.379. The zero-order chi connectivity index (χ0) is 21.8. The van der Waals surface area contributed by atoms with Crippen molar-refractivity contribution in [3.05, 3.63) is 99.1 Å². The lowest BCUT2D eigenvalue weighted by atomic mass is 9.98. The molecular weight excluding hydrogens is 392 g/mol. The van der Waals surface area contributed by atoms with Crippen LogP contribution in [0.5, 0.6) is 0 Å². The van der Waals surface area contributed by atoms with Crippen molar-refractivity contribution < 1.29 is 14.5 Å². The number of hydrogen-bond acceptors (Lipinski definition) is 4. The van der Waals surface area contributed by atoms with Crippen LogP contribution in [0.15, 0.2) is 66.7 Å². The van der Waals surface area contributed by atoms with Gasteiger partial charge in [0.05, 0.1) is 11.5 Å². The number of hydrogen-bond donors (Lipinski definition) is 1. The second-order valence-corrected chi connectivity index (χ2v) is 7.26. The Morgan fingerprint density at radius 1 is 1.06 bits per heavy atom. The second-order valence-electron chi connectivity index (χ2n) is 7.26. The van der Waals surface area contributed by atoms with E-state index in [1.54, 1.807) is 12.1 Å². The smallest absolute Gasteiger partial charge is 0.407 e. The van der Waals surface area contributed by atoms with E-state index >= 15 is 0 Å². The lowest BCUT2D eigenvalue weighted by Gasteiger charge is -2.14. The van der Waals surface area contributed by atoms with Gasteiger partial charge >= 0.3 is 6.09 Å². The molecule has 31 heavy (non-hydrogen) atoms. The molecule has 1 N–H and O–H groups in total. The van der Waals surface area contributed by atoms with Crippen molar-refractivity contribution in [1.82, 2.24) is 5.32 Å². The molecule has 0 spiro atoms. The summed E-state index contributed by atoms with van der Waals surface area (Å²) in [5.74, 6) is 5.49. The largest absolute Gasteiger partial charge is 0.449 e. The number of benzene rings is 3. The molecule has 1 aliphatic carbocycles. The van der Waals surface area contributed by atoms with Crippen molar-refractivity contribution in [2.45, 2.75) is 12.8 Å². The molecule has 3 aromatic rings. The van der Waals surface area contributed by atoms with Gasteiger partial charge in [-0.25, -0.2) is 4.79 Å². The zero-order valence-corrected chi connectivity index (χ0v) is 16.9. The van der Waals surface area contributed by atoms with E-state index in [0.717, 1.165) is 27.8 Å². The number of nitrogens with one attached hydrogen (secondary N) is 1. The van der Waals surface area contributed by atoms with Gasteiger partial charge in [0.15, 0.2) is 0 Å². The third-order valence-corrected chi connectivity index (χ3v) is 5.24. The van der Waals surface area contributed by atoms with Gasteiger partial charge in [-0.05, 0) is 40.8 Å². The van der Waals surface area contributed by atoms with E-state index in [-0.39, 0.29) is 24.8 Å². The molecule has 6 nitrogen and oxygen atoms in total. The molecule has 0 saturated heterocycles. The Kier molecular flexibility index (Phi) is 5.67. The Morgan fingerprint density at radius 2 is 1.71 bits per heavy atom. The standard InChI is InChI=1S/C25H20N2O4/c1-17-12-13-24(27(29)30)18(15-17)7-6-14-26-25(28)31-16-23-21-10-4-2-8-19(21)20-9-3-5-11-22(20)23/h2-5,8-13,15,23H,14,16H2,1H3,(H,26,28). The topological polar surface area (TPSA) is 81.5 Å². The number of ether oxygens (including phenoxy) is 1. The lowest BCUT2D eigenvalue weighted by Crippen LogP contribution is -2.26. The molecule has 154 valence electrons. The van der Waals surface area contributed by atoms with Gasteiger partial charge in [-0.1, -0.05) is 66.4 Å². The first-order valence-corrected chi connectivity index (χ1v) is 9.87. The van der Waals surface area contributed by atoms with Crippen LogP contribution < -0.4 is 5.32 Å². The highest BCUT2D eigenvalue weighted by Crippen LogP contribution is 2.44. The van der Waals surface area contributed by atoms with E-state index in [0.29, 0.717) is 5.56 Å². The number of carbonyl (C=O) groups excluding carboxylic acids is 1. The number of fused-ring (bicyclic) bond motifs is 3. The molecule has 6 heteroatoms. The van der Waals surface area contributed by atoms with E-state index in [2.05, 4.69) is 41.4 Å². The summed E-state index contributed by atoms with van der Waals surface area (Å²) in [5.41, 5.74) is 5.75. The zero-order valence-electron chi connectivity index (χ0n) is 16.9. The molecule has 0 heterocycles. The number of aryl methyl sites for hydroxylation is 1. The molecule has 0 radical (unpaired) electrons. The average Bonchev–Trinajstić information content (AvgIpc) is 3.09. The predicted octanol–water partition coefficient (Wildman–Crippen LogP) is 4.79. The van der Waals surface area contributed by atoms with Gasteiger partial charge in [0.2, 0.25) is 0 Å². The van der Waals surface area contributed by atoms with Gasteiger partial charge in [-0.2, -0.15) is 0 Å². The minimum Gasteiger partial charge on any atom is -0.449 e. The van der Waals surface area contributed by atoms with Crippen LogP contribution in [0.3, 0.4) is 0 Å². The van der Waals surface area contributed by atoms with E-state index in [1.807, 2.05) is 31.2 Å². The number of nitrogens with zero attached hydrogens (tertiary/aromatic N) is 1. The summed E-state index contributed by atoms with van der Waals surface area (Å²) in [6.07, 6.45) is -0.574. The minimum absolute atomic E-state index is 0.0147. The molecule has 3 aromatic carbocycles. The summed E-state index contributed by atoms with van der Waals surface area (Å²) in [4.78, 5) is 22.8. The number of alkyl carbamates (subject to hydrolysis) is 1. The molecule has 1 amide bonds. The highest BCUT2D eigenvalue weighted by Gasteiger charge is 2.28. The van der Waals surface area contributed by atoms with E-state index in [4.69, 9.17) is 4.74 Å². The molecule has 1 aliphatic rings. The van der Waals surface area contributed by atoms with E-state index in [1.165, 1.54) is 6.07 Å². The fraction of sp³-hybridized carbons (Fsp3) is 0.160. The average molecular weight is 412 g/mol. The summed E-state index contributed by atoms with van der Waals surface area (Å²) in [6, 6.07) is 21.0. The van der Waals surface area contributed by atoms with Crippen molar-refractivity contribution >= 4 is 11.8 Å². The SMILES string of the molecule is Cc1ccc([N+](=O)[O-])c(C#CCNC(=O)OCC2c3ccccc3-c3ccccc32)c1. The van der Waals surface area contributed by atoms with Crippen molar-refractivity contribution in [2.75, 3.05) is 13.2 Å². The molecule has 4 rings (SSSR count). The van der Waals surface area contributed by atoms with Crippen molar-refractivity contribution in [2.24, 2.45) is 0 Å². The maximum atomic E-state index is 12.2. The fourth-order valence-corrected chi connectivity index (χ4v) is 3.81. The van der Waals surface area contributed by atoms with E-state index in [9.17, 15) is 14.9 Å². The molecule has 0 aromatic heterocycles. The van der Waals surface area contributed by atoms with Crippen LogP contribution in [0.25, 0.3) is 11.1 Å². The Balaban J connectivity index is 1.37. The van der Waals surface area contributed by atoms with Crippen molar-refractivity contribution in [1.29, 1.82) is 0 Å². The molecular formula is C25H20N2O4. The summed E-state index contributed by atoms with van der Waals surface area (Å²) < 4.78 is 5.45. The van der Waals surface area contributed by atoms with Crippen LogP contribution >= 0.6 is 0 Å². The Labute approximate surface area is 180 Å². The van der Waals surface area contributed by atoms with Gasteiger partial charge in [0.25, 0.3) is 5.69 Å². The minimum atomic E-state index is -0.574. The predicted molar refractivity (Wildman–Crippen MR) is 118 cm³/mol. The summed E-state index contributed by atoms with van der Waals surface area (Å²) >= 11 is 0. The summed E-state index contributed by atoms with van der Waals surface area (Å²) in [7, 11) is 0. The number of rotatable bonds is 4. The van der Waals surface area contributed by atoms with Crippen LogP contribution in [0.1, 0.15) is 28.2 Å². The van der Waals surface area contributed by atoms with E-state index < -0.39 is 11.0 Å². The molecule has 0 saturated carbocycles. The maximum absolute atomic E-state index is 12.2. The monoisotopic (exact) mass is 412 g/mol. The number of nitro benzene ring substituents is 1. The summed E-state index contributed by atoms with van der Waals surface area (Å²) in [5, 5.41) is 13.7. The Morgan fingerprint density at radius 3 is 2.35 bits per heavy atom. The normalized spacial score (nSPS) is 11.6. The van der Waals surface area contributed by atoms with Gasteiger partial charge in [0, 0.05) is 12.0 Å². The van der Waals surface area contributed by atoms with Gasteiger partial charge in [-0.15, -0.1) is 0 Å². The van der Waals surface area contributed by atoms with Crippen LogP contribution in [-0.4, -0.2) is 24.2 Å². The number of amides is 1. The van der Waals surface area contributed by atoms with Gasteiger partial charge in [-0.3, -0.25) is 10.1 Å². The van der Waals surface area contributed by atoms with Crippen LogP contribution in [0, 0.1) is 28.9 Å². The first-order chi connectivity index (χ1) is 15.0. The van der Waals surface area contributed by atoms with Gasteiger partial charge in [0.1, 0.15) is 12.2 Å². The fourth-order valence-electron chi connectivity index (χ4n) is 3.81. The summed E-state index contributed by atoms with van der Waals surface area (Å²) in [6.45, 7) is 2.09. The molecule has 0 unspecified atom stereocenters. The third kappa shape index (κ3) is 4.26. The molecule has 0 bridgehead atoms. The van der Waals surface area contributed by atoms with Crippen LogP contribution in [0.4, 0.5) is 10.5 Å².